The molecule has 0 radical (unpaired) electrons. The van der Waals surface area contributed by atoms with E-state index in [1.165, 1.54) is 5.56 Å². The molecule has 2 nitrogen and oxygen atoms in total. The molecule has 2 rings (SSSR count). The first-order chi connectivity index (χ1) is 8.57. The van der Waals surface area contributed by atoms with Crippen molar-refractivity contribution in [2.75, 3.05) is 6.61 Å². The van der Waals surface area contributed by atoms with Gasteiger partial charge >= 0.3 is 5.97 Å². The summed E-state index contributed by atoms with van der Waals surface area (Å²) in [5.74, 6) is 0.236. The van der Waals surface area contributed by atoms with Gasteiger partial charge in [-0.05, 0) is 23.8 Å². The van der Waals surface area contributed by atoms with Gasteiger partial charge in [-0.15, -0.1) is 0 Å². The Balaban J connectivity index is 2.03. The van der Waals surface area contributed by atoms with E-state index >= 15 is 0 Å². The highest BCUT2D eigenvalue weighted by Gasteiger charge is 2.61. The molecule has 1 aromatic carbocycles. The Morgan fingerprint density at radius 2 is 2.00 bits per heavy atom. The van der Waals surface area contributed by atoms with E-state index < -0.39 is 0 Å². The Morgan fingerprint density at radius 3 is 2.61 bits per heavy atom. The van der Waals surface area contributed by atoms with Gasteiger partial charge in [-0.2, -0.15) is 0 Å². The van der Waals surface area contributed by atoms with E-state index in [1.54, 1.807) is 0 Å². The van der Waals surface area contributed by atoms with E-state index in [2.05, 4.69) is 38.1 Å². The maximum Gasteiger partial charge on any atom is 0.310 e. The summed E-state index contributed by atoms with van der Waals surface area (Å²) in [7, 11) is 0. The van der Waals surface area contributed by atoms with Gasteiger partial charge in [-0.3, -0.25) is 4.79 Å². The van der Waals surface area contributed by atoms with Gasteiger partial charge < -0.3 is 4.74 Å². The Labute approximate surface area is 109 Å². The average molecular weight is 244 g/mol. The van der Waals surface area contributed by atoms with Crippen molar-refractivity contribution in [3.05, 3.63) is 42.0 Å². The molecule has 0 aromatic heterocycles. The van der Waals surface area contributed by atoms with Crippen LogP contribution in [0.25, 0.3) is 6.08 Å². The molecule has 1 saturated carbocycles. The van der Waals surface area contributed by atoms with Crippen LogP contribution in [0.1, 0.15) is 26.3 Å². The number of ether oxygens (including phenoxy) is 1. The van der Waals surface area contributed by atoms with E-state index in [9.17, 15) is 4.79 Å². The van der Waals surface area contributed by atoms with Crippen LogP contribution in [0.2, 0.25) is 0 Å². The maximum absolute atomic E-state index is 11.8. The lowest BCUT2D eigenvalue weighted by Crippen LogP contribution is -2.10. The number of hydrogen-bond donors (Lipinski definition) is 0. The summed E-state index contributed by atoms with van der Waals surface area (Å²) in [6.45, 7) is 6.55. The second-order valence-electron chi connectivity index (χ2n) is 5.35. The number of carbonyl (C=O) groups excluding carboxylic acids is 1. The highest BCUT2D eigenvalue weighted by Crippen LogP contribution is 2.59. The van der Waals surface area contributed by atoms with Gasteiger partial charge in [0.15, 0.2) is 0 Å². The summed E-state index contributed by atoms with van der Waals surface area (Å²) in [5, 5.41) is 0. The van der Waals surface area contributed by atoms with Crippen LogP contribution in [0.15, 0.2) is 36.4 Å². The van der Waals surface area contributed by atoms with Gasteiger partial charge in [0.05, 0.1) is 12.5 Å². The zero-order valence-corrected chi connectivity index (χ0v) is 11.2. The van der Waals surface area contributed by atoms with Crippen molar-refractivity contribution >= 4 is 12.0 Å². The van der Waals surface area contributed by atoms with E-state index in [4.69, 9.17) is 4.74 Å². The zero-order chi connectivity index (χ0) is 13.2. The quantitative estimate of drug-likeness (QED) is 0.757. The van der Waals surface area contributed by atoms with Crippen molar-refractivity contribution in [3.63, 3.8) is 0 Å². The van der Waals surface area contributed by atoms with Crippen LogP contribution in [0.3, 0.4) is 0 Å². The topological polar surface area (TPSA) is 26.3 Å². The first-order valence-corrected chi connectivity index (χ1v) is 6.47. The smallest absolute Gasteiger partial charge is 0.310 e. The SMILES string of the molecule is CCOC(=O)C1C(C=Cc2ccccc2)C1(C)C. The van der Waals surface area contributed by atoms with E-state index in [-0.39, 0.29) is 23.2 Å². The molecule has 0 N–H and O–H groups in total. The molecule has 2 atom stereocenters. The van der Waals surface area contributed by atoms with Gasteiger partial charge in [-0.1, -0.05) is 56.3 Å². The minimum Gasteiger partial charge on any atom is -0.466 e. The van der Waals surface area contributed by atoms with Crippen molar-refractivity contribution in [2.45, 2.75) is 20.8 Å². The molecule has 2 heteroatoms. The van der Waals surface area contributed by atoms with E-state index in [1.807, 2.05) is 25.1 Å². The summed E-state index contributed by atoms with van der Waals surface area (Å²) >= 11 is 0. The minimum atomic E-state index is -0.0646. The van der Waals surface area contributed by atoms with Crippen LogP contribution in [0.5, 0.6) is 0 Å². The number of benzene rings is 1. The lowest BCUT2D eigenvalue weighted by Gasteiger charge is -2.01. The van der Waals surface area contributed by atoms with Crippen LogP contribution >= 0.6 is 0 Å². The van der Waals surface area contributed by atoms with Crippen molar-refractivity contribution in [1.82, 2.24) is 0 Å². The molecular weight excluding hydrogens is 224 g/mol. The van der Waals surface area contributed by atoms with Gasteiger partial charge in [0, 0.05) is 0 Å². The van der Waals surface area contributed by atoms with Crippen molar-refractivity contribution < 1.29 is 9.53 Å². The third-order valence-electron chi connectivity index (χ3n) is 3.75. The predicted molar refractivity (Wildman–Crippen MR) is 72.9 cm³/mol. The monoisotopic (exact) mass is 244 g/mol. The summed E-state index contributed by atoms with van der Waals surface area (Å²) in [4.78, 5) is 11.8. The molecule has 0 aliphatic heterocycles. The second-order valence-corrected chi connectivity index (χ2v) is 5.35. The molecule has 0 spiro atoms. The fourth-order valence-electron chi connectivity index (χ4n) is 2.50. The molecule has 0 saturated heterocycles. The van der Waals surface area contributed by atoms with Crippen LogP contribution in [0.4, 0.5) is 0 Å². The normalized spacial score (nSPS) is 25.1. The molecule has 0 heterocycles. The molecule has 96 valence electrons. The fourth-order valence-corrected chi connectivity index (χ4v) is 2.50. The third-order valence-corrected chi connectivity index (χ3v) is 3.75. The molecule has 0 bridgehead atoms. The largest absolute Gasteiger partial charge is 0.466 e. The van der Waals surface area contributed by atoms with E-state index in [0.29, 0.717) is 6.61 Å². The highest BCUT2D eigenvalue weighted by molar-refractivity contribution is 5.78. The molecule has 18 heavy (non-hydrogen) atoms. The Bertz CT molecular complexity index is 445. The number of carbonyl (C=O) groups is 1. The molecular formula is C16H20O2. The number of allylic oxidation sites excluding steroid dienone is 1. The van der Waals surface area contributed by atoms with Gasteiger partial charge in [0.2, 0.25) is 0 Å². The first-order valence-electron chi connectivity index (χ1n) is 6.47. The van der Waals surface area contributed by atoms with Crippen molar-refractivity contribution in [3.8, 4) is 0 Å². The van der Waals surface area contributed by atoms with Gasteiger partial charge in [0.25, 0.3) is 0 Å². The van der Waals surface area contributed by atoms with Crippen LogP contribution < -0.4 is 0 Å². The lowest BCUT2D eigenvalue weighted by molar-refractivity contribution is -0.145. The molecule has 1 aliphatic carbocycles. The standard InChI is InChI=1S/C16H20O2/c1-4-18-15(17)14-13(16(14,2)3)11-10-12-8-6-5-7-9-12/h5-11,13-14H,4H2,1-3H3. The number of rotatable bonds is 4. The first kappa shape index (κ1) is 12.9. The minimum absolute atomic E-state index is 0.0115. The molecule has 1 fully saturated rings. The number of esters is 1. The van der Waals surface area contributed by atoms with Crippen LogP contribution in [-0.2, 0) is 9.53 Å². The third kappa shape index (κ3) is 2.47. The summed E-state index contributed by atoms with van der Waals surface area (Å²) < 4.78 is 5.11. The van der Waals surface area contributed by atoms with Crippen LogP contribution in [-0.4, -0.2) is 12.6 Å². The number of hydrogen-bond acceptors (Lipinski definition) is 2. The average Bonchev–Trinajstić information content (AvgIpc) is 2.90. The molecule has 1 aliphatic rings. The molecule has 0 amide bonds. The Kier molecular flexibility index (Phi) is 3.55. The predicted octanol–water partition coefficient (Wildman–Crippen LogP) is 3.54. The summed E-state index contributed by atoms with van der Waals surface area (Å²) in [6, 6.07) is 10.2. The highest BCUT2D eigenvalue weighted by atomic mass is 16.5. The lowest BCUT2D eigenvalue weighted by atomic mass is 10.1. The summed E-state index contributed by atoms with van der Waals surface area (Å²) in [6.07, 6.45) is 4.22. The maximum atomic E-state index is 11.8. The fraction of sp³-hybridized carbons (Fsp3) is 0.438. The van der Waals surface area contributed by atoms with Crippen molar-refractivity contribution in [1.29, 1.82) is 0 Å². The molecule has 1 aromatic rings. The second kappa shape index (κ2) is 4.97. The molecule has 2 unspecified atom stereocenters. The van der Waals surface area contributed by atoms with Gasteiger partial charge in [-0.25, -0.2) is 0 Å². The Hall–Kier alpha value is -1.57. The van der Waals surface area contributed by atoms with Crippen molar-refractivity contribution in [2.24, 2.45) is 17.3 Å². The van der Waals surface area contributed by atoms with Gasteiger partial charge in [0.1, 0.15) is 0 Å². The Morgan fingerprint density at radius 1 is 1.33 bits per heavy atom. The summed E-state index contributed by atoms with van der Waals surface area (Å²) in [5.41, 5.74) is 1.19. The van der Waals surface area contributed by atoms with Crippen LogP contribution in [0, 0.1) is 17.3 Å². The zero-order valence-electron chi connectivity index (χ0n) is 11.2. The van der Waals surface area contributed by atoms with E-state index in [0.717, 1.165) is 0 Å².